The Balaban J connectivity index is 4.59. The molecule has 15 nitrogen and oxygen atoms in total. The van der Waals surface area contributed by atoms with Gasteiger partial charge in [-0.05, 0) is 25.7 Å². The van der Waals surface area contributed by atoms with E-state index < -0.39 is 55.5 Å². The largest absolute Gasteiger partial charge is 0.462 e. The van der Waals surface area contributed by atoms with Crippen LogP contribution in [0.15, 0.2) is 0 Å². The van der Waals surface area contributed by atoms with Gasteiger partial charge in [0, 0.05) is 13.1 Å². The van der Waals surface area contributed by atoms with Crippen molar-refractivity contribution in [1.82, 2.24) is 10.6 Å². The Morgan fingerprint density at radius 1 is 0.875 bits per heavy atom. The molecule has 0 spiro atoms. The first-order chi connectivity index (χ1) is 15.0. The Bertz CT molecular complexity index is 609. The number of nitrogens with two attached hydrogens (primary N) is 4. The van der Waals surface area contributed by atoms with E-state index >= 15 is 0 Å². The Hall–Kier alpha value is -2.72. The second-order valence-corrected chi connectivity index (χ2v) is 7.03. The van der Waals surface area contributed by atoms with Gasteiger partial charge in [-0.2, -0.15) is 0 Å². The van der Waals surface area contributed by atoms with Crippen LogP contribution in [0.1, 0.15) is 25.7 Å². The van der Waals surface area contributed by atoms with Crippen LogP contribution in [0, 0.1) is 10.8 Å². The number of carbonyl (C=O) groups is 2. The fourth-order valence-electron chi connectivity index (χ4n) is 2.43. The molecule has 0 aliphatic carbocycles. The summed E-state index contributed by atoms with van der Waals surface area (Å²) in [5.41, 5.74) is 21.7. The van der Waals surface area contributed by atoms with Gasteiger partial charge in [-0.25, -0.2) is 0 Å². The zero-order valence-corrected chi connectivity index (χ0v) is 17.8. The quantitative estimate of drug-likeness (QED) is 0.0443. The molecule has 5 atom stereocenters. The van der Waals surface area contributed by atoms with E-state index in [1.807, 2.05) is 0 Å². The lowest BCUT2D eigenvalue weighted by Crippen LogP contribution is -2.48. The van der Waals surface area contributed by atoms with Crippen LogP contribution in [0.25, 0.3) is 0 Å². The molecule has 15 N–H and O–H groups in total. The molecule has 186 valence electrons. The van der Waals surface area contributed by atoms with Crippen molar-refractivity contribution < 1.29 is 34.4 Å². The number of guanidine groups is 2. The van der Waals surface area contributed by atoms with Gasteiger partial charge in [0.05, 0.1) is 6.61 Å². The van der Waals surface area contributed by atoms with Crippen molar-refractivity contribution >= 4 is 23.9 Å². The van der Waals surface area contributed by atoms with Gasteiger partial charge in [0.25, 0.3) is 0 Å². The van der Waals surface area contributed by atoms with Gasteiger partial charge in [0.2, 0.25) is 0 Å². The minimum atomic E-state index is -1.65. The summed E-state index contributed by atoms with van der Waals surface area (Å²) in [6, 6.07) is -2.10. The smallest absolute Gasteiger partial charge is 0.323 e. The van der Waals surface area contributed by atoms with Crippen LogP contribution in [0.4, 0.5) is 0 Å². The summed E-state index contributed by atoms with van der Waals surface area (Å²) in [6.45, 7) is -0.832. The van der Waals surface area contributed by atoms with E-state index in [0.717, 1.165) is 0 Å². The fourth-order valence-corrected chi connectivity index (χ4v) is 2.43. The highest BCUT2D eigenvalue weighted by atomic mass is 16.6. The predicted octanol–water partition coefficient (Wildman–Crippen LogP) is -4.66. The van der Waals surface area contributed by atoms with Crippen molar-refractivity contribution in [3.8, 4) is 0 Å². The van der Waals surface area contributed by atoms with Crippen molar-refractivity contribution in [2.45, 2.75) is 56.1 Å². The van der Waals surface area contributed by atoms with Crippen molar-refractivity contribution in [1.29, 1.82) is 10.8 Å². The van der Waals surface area contributed by atoms with E-state index in [1.54, 1.807) is 0 Å². The van der Waals surface area contributed by atoms with Gasteiger partial charge in [0.1, 0.15) is 30.9 Å². The summed E-state index contributed by atoms with van der Waals surface area (Å²) in [7, 11) is 0. The van der Waals surface area contributed by atoms with Crippen molar-refractivity contribution in [2.24, 2.45) is 22.9 Å². The van der Waals surface area contributed by atoms with Crippen molar-refractivity contribution in [2.75, 3.05) is 26.3 Å². The van der Waals surface area contributed by atoms with Gasteiger partial charge in [-0.15, -0.1) is 0 Å². The molecule has 0 rings (SSSR count). The van der Waals surface area contributed by atoms with Gasteiger partial charge in [-0.3, -0.25) is 20.4 Å². The predicted molar refractivity (Wildman–Crippen MR) is 114 cm³/mol. The summed E-state index contributed by atoms with van der Waals surface area (Å²) in [4.78, 5) is 24.1. The summed E-state index contributed by atoms with van der Waals surface area (Å²) in [6.07, 6.45) is -3.68. The molecule has 0 fully saturated rings. The molecule has 0 saturated heterocycles. The topological polar surface area (TPSA) is 289 Å². The van der Waals surface area contributed by atoms with Crippen LogP contribution in [0.5, 0.6) is 0 Å². The molecule has 0 amide bonds. The average molecular weight is 465 g/mol. The third kappa shape index (κ3) is 12.9. The molecule has 0 aliphatic rings. The Morgan fingerprint density at radius 2 is 1.34 bits per heavy atom. The van der Waals surface area contributed by atoms with Gasteiger partial charge >= 0.3 is 11.9 Å². The molecular weight excluding hydrogens is 428 g/mol. The van der Waals surface area contributed by atoms with Crippen LogP contribution < -0.4 is 33.6 Å². The second-order valence-electron chi connectivity index (χ2n) is 7.03. The van der Waals surface area contributed by atoms with E-state index in [-0.39, 0.29) is 24.8 Å². The lowest BCUT2D eigenvalue weighted by Gasteiger charge is -2.27. The van der Waals surface area contributed by atoms with Crippen molar-refractivity contribution in [3.63, 3.8) is 0 Å². The number of carbonyl (C=O) groups excluding carboxylic acids is 2. The third-order valence-corrected chi connectivity index (χ3v) is 4.21. The molecule has 0 aromatic carbocycles. The van der Waals surface area contributed by atoms with E-state index in [4.69, 9.17) is 43.2 Å². The number of nitrogens with one attached hydrogen (secondary N) is 4. The second kappa shape index (κ2) is 16.0. The third-order valence-electron chi connectivity index (χ3n) is 4.21. The molecule has 0 aliphatic heterocycles. The van der Waals surface area contributed by atoms with E-state index in [9.17, 15) is 24.9 Å². The average Bonchev–Trinajstić information content (AvgIpc) is 2.74. The zero-order chi connectivity index (χ0) is 24.7. The van der Waals surface area contributed by atoms with E-state index in [0.29, 0.717) is 25.9 Å². The number of aliphatic hydroxyl groups is 3. The molecule has 0 saturated carbocycles. The number of ether oxygens (including phenoxy) is 2. The Kier molecular flexibility index (Phi) is 14.6. The number of rotatable bonds is 16. The molecule has 0 radical (unpaired) electrons. The zero-order valence-electron chi connectivity index (χ0n) is 17.8. The maximum absolute atomic E-state index is 12.2. The maximum atomic E-state index is 12.2. The molecule has 0 bridgehead atoms. The molecule has 32 heavy (non-hydrogen) atoms. The number of esters is 2. The standard InChI is InChI=1S/C17H36N8O7/c18-9(3-1-5-24-16(20)21)14(29)31-8-12(28)13(11(27)7-26)32-15(30)10(19)4-2-6-25-17(22)23/h9-13,26-28H,1-8,18-19H2,(H4,20,21,24)(H4,22,23,25). The van der Waals surface area contributed by atoms with Gasteiger partial charge in [0.15, 0.2) is 18.0 Å². The highest BCUT2D eigenvalue weighted by Gasteiger charge is 2.33. The molecule has 5 unspecified atom stereocenters. The number of hydrogen-bond acceptors (Lipinski definition) is 11. The summed E-state index contributed by atoms with van der Waals surface area (Å²) >= 11 is 0. The minimum Gasteiger partial charge on any atom is -0.462 e. The highest BCUT2D eigenvalue weighted by molar-refractivity contribution is 5.76. The fraction of sp³-hybridized carbons (Fsp3) is 0.765. The first kappa shape index (κ1) is 29.3. The van der Waals surface area contributed by atoms with Gasteiger partial charge in [-0.1, -0.05) is 0 Å². The lowest BCUT2D eigenvalue weighted by atomic mass is 10.1. The summed E-state index contributed by atoms with van der Waals surface area (Å²) in [5, 5.41) is 48.4. The van der Waals surface area contributed by atoms with Crippen molar-refractivity contribution in [3.05, 3.63) is 0 Å². The minimum absolute atomic E-state index is 0.166. The first-order valence-corrected chi connectivity index (χ1v) is 10.0. The lowest BCUT2D eigenvalue weighted by molar-refractivity contribution is -0.175. The molecule has 0 aromatic rings. The Morgan fingerprint density at radius 3 is 1.78 bits per heavy atom. The SMILES string of the molecule is N=C(N)NCCCC(N)C(=O)OCC(O)C(OC(=O)C(N)CCCNC(=N)N)C(O)CO. The molecular formula is C17H36N8O7. The first-order valence-electron chi connectivity index (χ1n) is 10.0. The number of hydrogen-bond donors (Lipinski definition) is 11. The number of aliphatic hydroxyl groups excluding tert-OH is 3. The Labute approximate surface area is 185 Å². The van der Waals surface area contributed by atoms with E-state index in [2.05, 4.69) is 10.6 Å². The van der Waals surface area contributed by atoms with Crippen LogP contribution in [-0.4, -0.2) is 95.9 Å². The molecule has 0 heterocycles. The highest BCUT2D eigenvalue weighted by Crippen LogP contribution is 2.10. The molecule has 15 heteroatoms. The van der Waals surface area contributed by atoms with Crippen LogP contribution >= 0.6 is 0 Å². The maximum Gasteiger partial charge on any atom is 0.323 e. The van der Waals surface area contributed by atoms with E-state index in [1.165, 1.54) is 0 Å². The van der Waals surface area contributed by atoms with Crippen LogP contribution in [-0.2, 0) is 19.1 Å². The normalized spacial score (nSPS) is 15.5. The molecule has 0 aromatic heterocycles. The summed E-state index contributed by atoms with van der Waals surface area (Å²) < 4.78 is 9.93. The van der Waals surface area contributed by atoms with Gasteiger partial charge < -0.3 is 58.4 Å². The summed E-state index contributed by atoms with van der Waals surface area (Å²) in [5.74, 6) is -2.20. The van der Waals surface area contributed by atoms with Crippen LogP contribution in [0.3, 0.4) is 0 Å². The van der Waals surface area contributed by atoms with Crippen LogP contribution in [0.2, 0.25) is 0 Å². The monoisotopic (exact) mass is 464 g/mol.